The number of anilines is 1. The van der Waals surface area contributed by atoms with E-state index in [0.717, 1.165) is 25.9 Å². The van der Waals surface area contributed by atoms with Crippen LogP contribution < -0.4 is 5.32 Å². The summed E-state index contributed by atoms with van der Waals surface area (Å²) in [5.41, 5.74) is 2.95. The van der Waals surface area contributed by atoms with Crippen molar-refractivity contribution in [2.75, 3.05) is 5.32 Å². The lowest BCUT2D eigenvalue weighted by molar-refractivity contribution is 0.659. The molecule has 1 aliphatic rings. The molecule has 2 nitrogen and oxygen atoms in total. The SMILES string of the molecule is Cc1ccc(NC2=NC(C)(C)/C(=C/c3ccc(Br)cc3)S2)cc1Cl. The van der Waals surface area contributed by atoms with Crippen LogP contribution in [0.4, 0.5) is 5.69 Å². The van der Waals surface area contributed by atoms with Crippen molar-refractivity contribution >= 4 is 56.2 Å². The lowest BCUT2D eigenvalue weighted by Gasteiger charge is -2.15. The Morgan fingerprint density at radius 2 is 1.88 bits per heavy atom. The van der Waals surface area contributed by atoms with Crippen LogP contribution in [0.3, 0.4) is 0 Å². The zero-order valence-corrected chi connectivity index (χ0v) is 16.9. The van der Waals surface area contributed by atoms with Crippen molar-refractivity contribution in [1.29, 1.82) is 0 Å². The van der Waals surface area contributed by atoms with Crippen molar-refractivity contribution in [3.8, 4) is 0 Å². The highest BCUT2D eigenvalue weighted by atomic mass is 79.9. The van der Waals surface area contributed by atoms with E-state index in [4.69, 9.17) is 16.6 Å². The van der Waals surface area contributed by atoms with E-state index in [-0.39, 0.29) is 5.54 Å². The first kappa shape index (κ1) is 17.6. The number of nitrogens with zero attached hydrogens (tertiary/aromatic N) is 1. The summed E-state index contributed by atoms with van der Waals surface area (Å²) in [5.74, 6) is 0. The molecule has 0 unspecified atom stereocenters. The van der Waals surface area contributed by atoms with Gasteiger partial charge in [-0.05, 0) is 62.2 Å². The smallest absolute Gasteiger partial charge is 0.166 e. The van der Waals surface area contributed by atoms with Gasteiger partial charge in [0.25, 0.3) is 0 Å². The number of hydrogen-bond acceptors (Lipinski definition) is 3. The van der Waals surface area contributed by atoms with Crippen molar-refractivity contribution in [3.05, 3.63) is 68.0 Å². The lowest BCUT2D eigenvalue weighted by atomic mass is 10.0. The van der Waals surface area contributed by atoms with Crippen molar-refractivity contribution in [2.45, 2.75) is 26.3 Å². The van der Waals surface area contributed by atoms with E-state index >= 15 is 0 Å². The van der Waals surface area contributed by atoms with E-state index in [0.29, 0.717) is 0 Å². The number of amidine groups is 1. The van der Waals surface area contributed by atoms with E-state index in [1.807, 2.05) is 37.3 Å². The van der Waals surface area contributed by atoms with Gasteiger partial charge >= 0.3 is 0 Å². The molecule has 2 aromatic rings. The second-order valence-corrected chi connectivity index (χ2v) is 8.58. The molecule has 124 valence electrons. The Morgan fingerprint density at radius 3 is 2.54 bits per heavy atom. The Labute approximate surface area is 160 Å². The topological polar surface area (TPSA) is 24.4 Å². The van der Waals surface area contributed by atoms with Crippen LogP contribution in [0.15, 0.2) is 56.8 Å². The summed E-state index contributed by atoms with van der Waals surface area (Å²) in [6, 6.07) is 14.3. The summed E-state index contributed by atoms with van der Waals surface area (Å²) in [6.45, 7) is 6.25. The number of nitrogens with one attached hydrogen (secondary N) is 1. The fourth-order valence-electron chi connectivity index (χ4n) is 2.32. The predicted molar refractivity (Wildman–Crippen MR) is 111 cm³/mol. The zero-order valence-electron chi connectivity index (χ0n) is 13.7. The normalized spacial score (nSPS) is 17.9. The molecule has 0 amide bonds. The Kier molecular flexibility index (Phi) is 5.09. The summed E-state index contributed by atoms with van der Waals surface area (Å²) in [5, 5.41) is 5.02. The van der Waals surface area contributed by atoms with Crippen LogP contribution in [-0.4, -0.2) is 10.7 Å². The molecule has 3 rings (SSSR count). The number of halogens is 2. The molecule has 24 heavy (non-hydrogen) atoms. The molecule has 0 fully saturated rings. The van der Waals surface area contributed by atoms with Crippen LogP contribution in [-0.2, 0) is 0 Å². The lowest BCUT2D eigenvalue weighted by Crippen LogP contribution is -2.14. The quantitative estimate of drug-likeness (QED) is 0.580. The molecule has 5 heteroatoms. The molecule has 0 bridgehead atoms. The second kappa shape index (κ2) is 6.95. The van der Waals surface area contributed by atoms with Gasteiger partial charge in [0.05, 0.1) is 5.54 Å². The highest BCUT2D eigenvalue weighted by Gasteiger charge is 2.31. The molecule has 0 spiro atoms. The van der Waals surface area contributed by atoms with E-state index < -0.39 is 0 Å². The van der Waals surface area contributed by atoms with Crippen LogP contribution in [0.5, 0.6) is 0 Å². The van der Waals surface area contributed by atoms with Gasteiger partial charge in [-0.15, -0.1) is 0 Å². The standard InChI is InChI=1S/C19H18BrClN2S/c1-12-4-9-15(11-16(12)21)22-18-23-19(2,3)17(24-18)10-13-5-7-14(20)8-6-13/h4-11H,1-3H3,(H,22,23)/b17-10-. The molecule has 0 aromatic heterocycles. The number of thioether (sulfide) groups is 1. The largest absolute Gasteiger partial charge is 0.335 e. The number of aryl methyl sites for hydroxylation is 1. The second-order valence-electron chi connectivity index (χ2n) is 6.23. The van der Waals surface area contributed by atoms with Crippen molar-refractivity contribution < 1.29 is 0 Å². The van der Waals surface area contributed by atoms with E-state index in [1.165, 1.54) is 10.5 Å². The maximum Gasteiger partial charge on any atom is 0.166 e. The third-order valence-corrected chi connectivity index (χ3v) is 5.94. The molecular weight excluding hydrogens is 404 g/mol. The van der Waals surface area contributed by atoms with Crippen LogP contribution in [0.2, 0.25) is 5.02 Å². The summed E-state index contributed by atoms with van der Waals surface area (Å²) in [4.78, 5) is 6.02. The van der Waals surface area contributed by atoms with Crippen molar-refractivity contribution in [1.82, 2.24) is 0 Å². The molecule has 0 radical (unpaired) electrons. The van der Waals surface area contributed by atoms with Gasteiger partial charge in [-0.2, -0.15) is 0 Å². The fourth-order valence-corrected chi connectivity index (χ4v) is 3.91. The predicted octanol–water partition coefficient (Wildman–Crippen LogP) is 6.75. The van der Waals surface area contributed by atoms with Gasteiger partial charge in [0, 0.05) is 20.1 Å². The van der Waals surface area contributed by atoms with E-state index in [1.54, 1.807) is 11.8 Å². The average molecular weight is 422 g/mol. The minimum Gasteiger partial charge on any atom is -0.335 e. The van der Waals surface area contributed by atoms with Crippen LogP contribution in [0, 0.1) is 6.92 Å². The first-order valence-electron chi connectivity index (χ1n) is 7.62. The summed E-state index contributed by atoms with van der Waals surface area (Å²) in [6.07, 6.45) is 2.19. The fraction of sp³-hybridized carbons (Fsp3) is 0.211. The van der Waals surface area contributed by atoms with Gasteiger partial charge in [-0.1, -0.05) is 57.5 Å². The molecule has 1 aliphatic heterocycles. The monoisotopic (exact) mass is 420 g/mol. The van der Waals surface area contributed by atoms with Crippen molar-refractivity contribution in [3.63, 3.8) is 0 Å². The number of rotatable bonds is 2. The average Bonchev–Trinajstić information content (AvgIpc) is 2.79. The van der Waals surface area contributed by atoms with Crippen LogP contribution in [0.1, 0.15) is 25.0 Å². The first-order chi connectivity index (χ1) is 11.3. The number of hydrogen-bond donors (Lipinski definition) is 1. The van der Waals surface area contributed by atoms with Crippen LogP contribution in [0.25, 0.3) is 6.08 Å². The van der Waals surface area contributed by atoms with E-state index in [9.17, 15) is 0 Å². The third-order valence-electron chi connectivity index (χ3n) is 3.78. The molecule has 0 saturated carbocycles. The summed E-state index contributed by atoms with van der Waals surface area (Å²) in [7, 11) is 0. The molecule has 1 heterocycles. The molecular formula is C19H18BrClN2S. The Morgan fingerprint density at radius 1 is 1.17 bits per heavy atom. The Balaban J connectivity index is 1.80. The van der Waals surface area contributed by atoms with E-state index in [2.05, 4.69) is 53.3 Å². The van der Waals surface area contributed by atoms with Crippen LogP contribution >= 0.6 is 39.3 Å². The number of aliphatic imine (C=N–C) groups is 1. The zero-order chi connectivity index (χ0) is 17.3. The van der Waals surface area contributed by atoms with Gasteiger partial charge in [0.15, 0.2) is 5.17 Å². The van der Waals surface area contributed by atoms with Crippen molar-refractivity contribution in [2.24, 2.45) is 4.99 Å². The molecule has 0 saturated heterocycles. The highest BCUT2D eigenvalue weighted by Crippen LogP contribution is 2.40. The Hall–Kier alpha value is -1.23. The van der Waals surface area contributed by atoms with Gasteiger partial charge in [-0.25, -0.2) is 0 Å². The molecule has 0 atom stereocenters. The van der Waals surface area contributed by atoms with Gasteiger partial charge < -0.3 is 5.32 Å². The Bertz CT molecular complexity index is 826. The highest BCUT2D eigenvalue weighted by molar-refractivity contribution is 9.10. The molecule has 0 aliphatic carbocycles. The minimum atomic E-state index is -0.242. The maximum absolute atomic E-state index is 6.20. The summed E-state index contributed by atoms with van der Waals surface area (Å²) < 4.78 is 1.08. The third kappa shape index (κ3) is 4.05. The molecule has 1 N–H and O–H groups in total. The first-order valence-corrected chi connectivity index (χ1v) is 9.61. The maximum atomic E-state index is 6.20. The number of benzene rings is 2. The van der Waals surface area contributed by atoms with Gasteiger partial charge in [-0.3, -0.25) is 4.99 Å². The van der Waals surface area contributed by atoms with Gasteiger partial charge in [0.1, 0.15) is 0 Å². The van der Waals surface area contributed by atoms with Gasteiger partial charge in [0.2, 0.25) is 0 Å². The molecule has 2 aromatic carbocycles. The minimum absolute atomic E-state index is 0.242. The summed E-state index contributed by atoms with van der Waals surface area (Å²) >= 11 is 11.3.